The number of fused-ring (bicyclic) bond motifs is 1. The van der Waals surface area contributed by atoms with Crippen molar-refractivity contribution < 1.29 is 9.32 Å². The summed E-state index contributed by atoms with van der Waals surface area (Å²) < 4.78 is 13.5. The van der Waals surface area contributed by atoms with Crippen molar-refractivity contribution in [1.82, 2.24) is 18.9 Å². The van der Waals surface area contributed by atoms with Crippen LogP contribution in [0.1, 0.15) is 27.6 Å². The molecule has 0 fully saturated rings. The van der Waals surface area contributed by atoms with Gasteiger partial charge in [-0.25, -0.2) is 0 Å². The van der Waals surface area contributed by atoms with E-state index in [1.165, 1.54) is 0 Å². The highest BCUT2D eigenvalue weighted by Gasteiger charge is 2.13. The molecule has 1 N–H and O–H groups in total. The van der Waals surface area contributed by atoms with Gasteiger partial charge in [0.15, 0.2) is 5.82 Å². The summed E-state index contributed by atoms with van der Waals surface area (Å²) in [6.07, 6.45) is 0.451. The molecule has 0 saturated heterocycles. The van der Waals surface area contributed by atoms with Crippen LogP contribution in [-0.4, -0.2) is 24.8 Å². The molecule has 0 aliphatic rings. The van der Waals surface area contributed by atoms with Crippen LogP contribution in [0.3, 0.4) is 0 Å². The van der Waals surface area contributed by atoms with Gasteiger partial charge in [0.2, 0.25) is 5.89 Å². The molecule has 2 heterocycles. The Kier molecular flexibility index (Phi) is 3.95. The molecule has 124 valence electrons. The Morgan fingerprint density at radius 3 is 2.84 bits per heavy atom. The summed E-state index contributed by atoms with van der Waals surface area (Å²) in [5.41, 5.74) is 3.64. The first-order valence-electron chi connectivity index (χ1n) is 7.60. The van der Waals surface area contributed by atoms with Gasteiger partial charge in [0.05, 0.1) is 18.1 Å². The average molecular weight is 351 g/mol. The first-order chi connectivity index (χ1) is 12.2. The van der Waals surface area contributed by atoms with Gasteiger partial charge in [-0.2, -0.15) is 13.7 Å². The van der Waals surface area contributed by atoms with E-state index in [1.54, 1.807) is 25.1 Å². The number of aromatic nitrogens is 4. The van der Waals surface area contributed by atoms with E-state index in [-0.39, 0.29) is 5.91 Å². The normalized spacial score (nSPS) is 10.9. The summed E-state index contributed by atoms with van der Waals surface area (Å²) in [7, 11) is 0. The first-order valence-corrected chi connectivity index (χ1v) is 8.33. The molecule has 0 unspecified atom stereocenters. The van der Waals surface area contributed by atoms with E-state index >= 15 is 0 Å². The number of rotatable bonds is 4. The van der Waals surface area contributed by atoms with E-state index in [9.17, 15) is 4.79 Å². The number of nitrogens with one attached hydrogen (secondary N) is 1. The lowest BCUT2D eigenvalue weighted by Gasteiger charge is -2.09. The second-order valence-corrected chi connectivity index (χ2v) is 6.02. The lowest BCUT2D eigenvalue weighted by atomic mass is 10.1. The molecule has 4 aromatic rings. The van der Waals surface area contributed by atoms with Gasteiger partial charge in [-0.15, -0.1) is 0 Å². The molecule has 2 aromatic heterocycles. The van der Waals surface area contributed by atoms with Gasteiger partial charge < -0.3 is 9.84 Å². The number of amides is 1. The predicted molar refractivity (Wildman–Crippen MR) is 93.7 cm³/mol. The largest absolute Gasteiger partial charge is 0.339 e. The van der Waals surface area contributed by atoms with E-state index in [0.29, 0.717) is 34.9 Å². The Balaban J connectivity index is 1.58. The summed E-state index contributed by atoms with van der Waals surface area (Å²) in [6.45, 7) is 1.77. The van der Waals surface area contributed by atoms with Gasteiger partial charge in [0.25, 0.3) is 5.91 Å². The molecule has 7 nitrogen and oxygen atoms in total. The number of hydrogen-bond acceptors (Lipinski definition) is 7. The number of carbonyl (C=O) groups excluding carboxylic acids is 1. The fraction of sp³-hybridized carbons (Fsp3) is 0.118. The smallest absolute Gasteiger partial charge is 0.255 e. The zero-order valence-corrected chi connectivity index (χ0v) is 14.1. The number of benzene rings is 2. The molecule has 0 aliphatic carbocycles. The Bertz CT molecular complexity index is 1060. The SMILES string of the molecule is Cc1noc(Cc2ccccc2NC(=O)c2ccc3nsnc3c2)n1. The zero-order chi connectivity index (χ0) is 17.2. The third kappa shape index (κ3) is 3.24. The van der Waals surface area contributed by atoms with Crippen LogP contribution < -0.4 is 5.32 Å². The average Bonchev–Trinajstić information content (AvgIpc) is 3.24. The van der Waals surface area contributed by atoms with E-state index in [2.05, 4.69) is 24.2 Å². The van der Waals surface area contributed by atoms with Gasteiger partial charge >= 0.3 is 0 Å². The fourth-order valence-corrected chi connectivity index (χ4v) is 3.01. The zero-order valence-electron chi connectivity index (χ0n) is 13.3. The monoisotopic (exact) mass is 351 g/mol. The molecular weight excluding hydrogens is 338 g/mol. The van der Waals surface area contributed by atoms with Crippen LogP contribution in [0.4, 0.5) is 5.69 Å². The van der Waals surface area contributed by atoms with Crippen molar-refractivity contribution in [3.63, 3.8) is 0 Å². The van der Waals surface area contributed by atoms with Crippen LogP contribution >= 0.6 is 11.7 Å². The molecule has 2 aromatic carbocycles. The molecule has 25 heavy (non-hydrogen) atoms. The topological polar surface area (TPSA) is 93.8 Å². The van der Waals surface area contributed by atoms with Crippen LogP contribution in [0.25, 0.3) is 11.0 Å². The van der Waals surface area contributed by atoms with Gasteiger partial charge in [-0.1, -0.05) is 23.4 Å². The number of anilines is 1. The Hall–Kier alpha value is -3.13. The molecule has 0 atom stereocenters. The molecule has 0 saturated carbocycles. The summed E-state index contributed by atoms with van der Waals surface area (Å²) in [4.78, 5) is 16.8. The quantitative estimate of drug-likeness (QED) is 0.607. The van der Waals surface area contributed by atoms with Crippen molar-refractivity contribution in [2.75, 3.05) is 5.32 Å². The number of carbonyl (C=O) groups is 1. The van der Waals surface area contributed by atoms with E-state index in [1.807, 2.05) is 24.3 Å². The van der Waals surface area contributed by atoms with Crippen molar-refractivity contribution in [1.29, 1.82) is 0 Å². The summed E-state index contributed by atoms with van der Waals surface area (Å²) >= 11 is 1.13. The Morgan fingerprint density at radius 2 is 2.00 bits per heavy atom. The van der Waals surface area contributed by atoms with Crippen LogP contribution in [0, 0.1) is 6.92 Å². The minimum Gasteiger partial charge on any atom is -0.339 e. The third-order valence-electron chi connectivity index (χ3n) is 3.69. The van der Waals surface area contributed by atoms with Gasteiger partial charge in [-0.3, -0.25) is 4.79 Å². The van der Waals surface area contributed by atoms with Crippen molar-refractivity contribution in [3.8, 4) is 0 Å². The number of hydrogen-bond donors (Lipinski definition) is 1. The second kappa shape index (κ2) is 6.40. The van der Waals surface area contributed by atoms with Gasteiger partial charge in [-0.05, 0) is 36.8 Å². The van der Waals surface area contributed by atoms with Crippen LogP contribution in [0.5, 0.6) is 0 Å². The third-order valence-corrected chi connectivity index (χ3v) is 4.25. The van der Waals surface area contributed by atoms with Gasteiger partial charge in [0.1, 0.15) is 11.0 Å². The minimum absolute atomic E-state index is 0.205. The first kappa shape index (κ1) is 15.4. The summed E-state index contributed by atoms with van der Waals surface area (Å²) in [6, 6.07) is 12.8. The lowest BCUT2D eigenvalue weighted by molar-refractivity contribution is 0.102. The minimum atomic E-state index is -0.205. The maximum absolute atomic E-state index is 12.6. The highest BCUT2D eigenvalue weighted by atomic mass is 32.1. The van der Waals surface area contributed by atoms with E-state index < -0.39 is 0 Å². The predicted octanol–water partition coefficient (Wildman–Crippen LogP) is 3.23. The molecule has 0 spiro atoms. The highest BCUT2D eigenvalue weighted by Crippen LogP contribution is 2.20. The van der Waals surface area contributed by atoms with Crippen LogP contribution in [0.2, 0.25) is 0 Å². The molecule has 4 rings (SSSR count). The van der Waals surface area contributed by atoms with Crippen molar-refractivity contribution in [2.45, 2.75) is 13.3 Å². The summed E-state index contributed by atoms with van der Waals surface area (Å²) in [5, 5.41) is 6.73. The summed E-state index contributed by atoms with van der Waals surface area (Å²) in [5.74, 6) is 0.889. The van der Waals surface area contributed by atoms with Crippen LogP contribution in [0.15, 0.2) is 47.0 Å². The van der Waals surface area contributed by atoms with Crippen molar-refractivity contribution >= 4 is 34.4 Å². The molecule has 8 heteroatoms. The number of nitrogens with zero attached hydrogens (tertiary/aromatic N) is 4. The highest BCUT2D eigenvalue weighted by molar-refractivity contribution is 7.00. The van der Waals surface area contributed by atoms with Crippen LogP contribution in [-0.2, 0) is 6.42 Å². The molecule has 0 bridgehead atoms. The lowest BCUT2D eigenvalue weighted by Crippen LogP contribution is -2.13. The maximum Gasteiger partial charge on any atom is 0.255 e. The second-order valence-electron chi connectivity index (χ2n) is 5.49. The standard InChI is InChI=1S/C17H13N5O2S/c1-10-18-16(24-20-10)9-11-4-2-3-5-13(11)19-17(23)12-6-7-14-15(8-12)22-25-21-14/h2-8H,9H2,1H3,(H,19,23). The Morgan fingerprint density at radius 1 is 1.16 bits per heavy atom. The Labute approximate surface area is 147 Å². The van der Waals surface area contributed by atoms with E-state index in [0.717, 1.165) is 22.8 Å². The maximum atomic E-state index is 12.6. The molecule has 0 radical (unpaired) electrons. The van der Waals surface area contributed by atoms with Crippen molar-refractivity contribution in [2.24, 2.45) is 0 Å². The fourth-order valence-electron chi connectivity index (χ4n) is 2.49. The van der Waals surface area contributed by atoms with Crippen molar-refractivity contribution in [3.05, 3.63) is 65.3 Å². The van der Waals surface area contributed by atoms with E-state index in [4.69, 9.17) is 4.52 Å². The molecule has 0 aliphatic heterocycles. The number of para-hydroxylation sites is 1. The molecular formula is C17H13N5O2S. The van der Waals surface area contributed by atoms with Gasteiger partial charge in [0, 0.05) is 11.3 Å². The molecule has 1 amide bonds. The number of aryl methyl sites for hydroxylation is 1.